The Labute approximate surface area is 116 Å². The molecule has 0 aliphatic heterocycles. The molecule has 0 bridgehead atoms. The van der Waals surface area contributed by atoms with E-state index in [1.807, 2.05) is 6.92 Å². The Kier molecular flexibility index (Phi) is 5.69. The molecule has 1 heterocycles. The molecule has 19 heavy (non-hydrogen) atoms. The van der Waals surface area contributed by atoms with Gasteiger partial charge in [0.05, 0.1) is 0 Å². The Morgan fingerprint density at radius 3 is 2.68 bits per heavy atom. The van der Waals surface area contributed by atoms with E-state index in [1.54, 1.807) is 6.92 Å². The number of carboxylic acid groups (broad SMARTS) is 1. The quantitative estimate of drug-likeness (QED) is 0.778. The molecule has 6 nitrogen and oxygen atoms in total. The molecule has 104 valence electrons. The molecule has 0 saturated carbocycles. The third kappa shape index (κ3) is 4.82. The summed E-state index contributed by atoms with van der Waals surface area (Å²) in [5.74, 6) is -1.62. The number of hydrogen-bond acceptors (Lipinski definition) is 4. The van der Waals surface area contributed by atoms with Crippen molar-refractivity contribution >= 4 is 23.5 Å². The molecule has 0 radical (unpaired) electrons. The Bertz CT molecular complexity index is 459. The zero-order chi connectivity index (χ0) is 14.4. The van der Waals surface area contributed by atoms with Crippen LogP contribution in [0.25, 0.3) is 0 Å². The number of carbonyl (C=O) groups excluding carboxylic acids is 1. The number of amides is 1. The fraction of sp³-hybridized carbons (Fsp3) is 0.500. The molecule has 0 aromatic carbocycles. The van der Waals surface area contributed by atoms with Crippen LogP contribution >= 0.6 is 11.6 Å². The zero-order valence-electron chi connectivity index (χ0n) is 10.8. The van der Waals surface area contributed by atoms with Gasteiger partial charge in [0.2, 0.25) is 5.28 Å². The van der Waals surface area contributed by atoms with Gasteiger partial charge in [-0.15, -0.1) is 0 Å². The van der Waals surface area contributed by atoms with E-state index in [9.17, 15) is 9.59 Å². The predicted molar refractivity (Wildman–Crippen MR) is 70.2 cm³/mol. The molecule has 1 aromatic rings. The van der Waals surface area contributed by atoms with E-state index in [-0.39, 0.29) is 11.0 Å². The van der Waals surface area contributed by atoms with Crippen LogP contribution in [0.1, 0.15) is 42.4 Å². The first-order valence-corrected chi connectivity index (χ1v) is 6.36. The summed E-state index contributed by atoms with van der Waals surface area (Å²) in [6.07, 6.45) is 1.97. The van der Waals surface area contributed by atoms with Crippen LogP contribution in [0, 0.1) is 6.92 Å². The van der Waals surface area contributed by atoms with Crippen LogP contribution in [0.4, 0.5) is 0 Å². The topological polar surface area (TPSA) is 92.2 Å². The van der Waals surface area contributed by atoms with Gasteiger partial charge in [0.1, 0.15) is 11.7 Å². The highest BCUT2D eigenvalue weighted by Crippen LogP contribution is 2.07. The minimum atomic E-state index is -1.06. The number of aryl methyl sites for hydroxylation is 1. The van der Waals surface area contributed by atoms with Gasteiger partial charge in [0.15, 0.2) is 0 Å². The van der Waals surface area contributed by atoms with E-state index >= 15 is 0 Å². The number of carboxylic acids is 1. The van der Waals surface area contributed by atoms with Gasteiger partial charge >= 0.3 is 5.97 Å². The fourth-order valence-corrected chi connectivity index (χ4v) is 1.77. The third-order valence-electron chi connectivity index (χ3n) is 2.51. The standard InChI is InChI=1S/C12H16ClN3O3/c1-3-4-5-8(11(18)19)15-10(17)9-6-7(2)14-12(13)16-9/h6,8H,3-5H2,1-2H3,(H,15,17)(H,18,19)/t8-/m0/s1. The van der Waals surface area contributed by atoms with E-state index in [4.69, 9.17) is 16.7 Å². The van der Waals surface area contributed by atoms with E-state index in [2.05, 4.69) is 15.3 Å². The number of carbonyl (C=O) groups is 2. The van der Waals surface area contributed by atoms with Crippen molar-refractivity contribution in [3.63, 3.8) is 0 Å². The average molecular weight is 286 g/mol. The number of aliphatic carboxylic acids is 1. The Balaban J connectivity index is 2.78. The second kappa shape index (κ2) is 7.04. The van der Waals surface area contributed by atoms with Crippen molar-refractivity contribution in [1.29, 1.82) is 0 Å². The lowest BCUT2D eigenvalue weighted by Gasteiger charge is -2.13. The molecule has 1 atom stereocenters. The van der Waals surface area contributed by atoms with Gasteiger partial charge in [-0.1, -0.05) is 19.8 Å². The Morgan fingerprint density at radius 1 is 1.47 bits per heavy atom. The number of unbranched alkanes of at least 4 members (excludes halogenated alkanes) is 1. The van der Waals surface area contributed by atoms with Crippen molar-refractivity contribution in [1.82, 2.24) is 15.3 Å². The summed E-state index contributed by atoms with van der Waals surface area (Å²) in [7, 11) is 0. The van der Waals surface area contributed by atoms with E-state index < -0.39 is 17.9 Å². The van der Waals surface area contributed by atoms with E-state index in [1.165, 1.54) is 6.07 Å². The van der Waals surface area contributed by atoms with Crippen molar-refractivity contribution in [2.24, 2.45) is 0 Å². The lowest BCUT2D eigenvalue weighted by atomic mass is 10.1. The number of aromatic nitrogens is 2. The van der Waals surface area contributed by atoms with Crippen molar-refractivity contribution in [2.75, 3.05) is 0 Å². The van der Waals surface area contributed by atoms with E-state index in [0.717, 1.165) is 12.8 Å². The molecule has 0 saturated heterocycles. The highest BCUT2D eigenvalue weighted by atomic mass is 35.5. The molecule has 1 rings (SSSR count). The zero-order valence-corrected chi connectivity index (χ0v) is 11.6. The summed E-state index contributed by atoms with van der Waals surface area (Å²) in [6.45, 7) is 3.63. The molecule has 0 aliphatic carbocycles. The molecule has 2 N–H and O–H groups in total. The normalized spacial score (nSPS) is 11.9. The maximum atomic E-state index is 11.9. The van der Waals surface area contributed by atoms with Crippen LogP contribution in [0.3, 0.4) is 0 Å². The SMILES string of the molecule is CCCC[C@H](NC(=O)c1cc(C)nc(Cl)n1)C(=O)O. The highest BCUT2D eigenvalue weighted by Gasteiger charge is 2.21. The Hall–Kier alpha value is -1.69. The minimum Gasteiger partial charge on any atom is -0.480 e. The predicted octanol–water partition coefficient (Wildman–Crippen LogP) is 1.81. The molecule has 1 aromatic heterocycles. The van der Waals surface area contributed by atoms with Gasteiger partial charge in [0.25, 0.3) is 5.91 Å². The van der Waals surface area contributed by atoms with Gasteiger partial charge in [-0.05, 0) is 31.0 Å². The molecule has 0 spiro atoms. The summed E-state index contributed by atoms with van der Waals surface area (Å²) in [5, 5.41) is 11.4. The minimum absolute atomic E-state index is 0.0365. The number of rotatable bonds is 6. The molecule has 0 fully saturated rings. The van der Waals surface area contributed by atoms with Crippen LogP contribution in [-0.4, -0.2) is 33.0 Å². The van der Waals surface area contributed by atoms with Crippen LogP contribution < -0.4 is 5.32 Å². The van der Waals surface area contributed by atoms with Crippen LogP contribution in [-0.2, 0) is 4.79 Å². The first kappa shape index (κ1) is 15.4. The maximum Gasteiger partial charge on any atom is 0.326 e. The maximum absolute atomic E-state index is 11.9. The molecule has 7 heteroatoms. The average Bonchev–Trinajstić information content (AvgIpc) is 2.32. The van der Waals surface area contributed by atoms with Crippen molar-refractivity contribution in [3.8, 4) is 0 Å². The summed E-state index contributed by atoms with van der Waals surface area (Å²) in [5.41, 5.74) is 0.617. The van der Waals surface area contributed by atoms with Crippen LogP contribution in [0.15, 0.2) is 6.07 Å². The molecule has 0 aliphatic rings. The molecular weight excluding hydrogens is 270 g/mol. The lowest BCUT2D eigenvalue weighted by Crippen LogP contribution is -2.41. The molecular formula is C12H16ClN3O3. The molecule has 0 unspecified atom stereocenters. The van der Waals surface area contributed by atoms with Crippen molar-refractivity contribution in [3.05, 3.63) is 22.7 Å². The first-order valence-electron chi connectivity index (χ1n) is 5.99. The van der Waals surface area contributed by atoms with Gasteiger partial charge in [-0.25, -0.2) is 14.8 Å². The van der Waals surface area contributed by atoms with Crippen molar-refractivity contribution in [2.45, 2.75) is 39.2 Å². The van der Waals surface area contributed by atoms with Crippen LogP contribution in [0.2, 0.25) is 5.28 Å². The van der Waals surface area contributed by atoms with Gasteiger partial charge in [-0.2, -0.15) is 0 Å². The van der Waals surface area contributed by atoms with Gasteiger partial charge in [0, 0.05) is 5.69 Å². The number of halogens is 1. The number of nitrogens with one attached hydrogen (secondary N) is 1. The van der Waals surface area contributed by atoms with Crippen molar-refractivity contribution < 1.29 is 14.7 Å². The Morgan fingerprint density at radius 2 is 2.16 bits per heavy atom. The monoisotopic (exact) mass is 285 g/mol. The highest BCUT2D eigenvalue weighted by molar-refractivity contribution is 6.28. The second-order valence-electron chi connectivity index (χ2n) is 4.17. The molecule has 1 amide bonds. The number of nitrogens with zero attached hydrogens (tertiary/aromatic N) is 2. The van der Waals surface area contributed by atoms with Gasteiger partial charge < -0.3 is 10.4 Å². The largest absolute Gasteiger partial charge is 0.480 e. The fourth-order valence-electron chi connectivity index (χ4n) is 1.55. The van der Waals surface area contributed by atoms with Gasteiger partial charge in [-0.3, -0.25) is 4.79 Å². The van der Waals surface area contributed by atoms with Crippen LogP contribution in [0.5, 0.6) is 0 Å². The summed E-state index contributed by atoms with van der Waals surface area (Å²) in [6, 6.07) is 0.543. The first-order chi connectivity index (χ1) is 8.93. The summed E-state index contributed by atoms with van der Waals surface area (Å²) in [4.78, 5) is 30.6. The van der Waals surface area contributed by atoms with E-state index in [0.29, 0.717) is 12.1 Å². The summed E-state index contributed by atoms with van der Waals surface area (Å²) >= 11 is 5.66. The summed E-state index contributed by atoms with van der Waals surface area (Å²) < 4.78 is 0. The lowest BCUT2D eigenvalue weighted by molar-refractivity contribution is -0.139. The smallest absolute Gasteiger partial charge is 0.326 e. The number of hydrogen-bond donors (Lipinski definition) is 2. The third-order valence-corrected chi connectivity index (χ3v) is 2.68. The second-order valence-corrected chi connectivity index (χ2v) is 4.51.